The molecule has 0 saturated carbocycles. The molecule has 5 heteroatoms. The molecule has 1 aliphatic rings. The smallest absolute Gasteiger partial charge is 0.101 e. The summed E-state index contributed by atoms with van der Waals surface area (Å²) in [5.74, 6) is 0. The topological polar surface area (TPSA) is 83.1 Å². The summed E-state index contributed by atoms with van der Waals surface area (Å²) in [7, 11) is 0. The number of hydrogen-bond acceptors (Lipinski definition) is 5. The normalized spacial score (nSPS) is 16.7. The van der Waals surface area contributed by atoms with Gasteiger partial charge in [0.1, 0.15) is 12.1 Å². The van der Waals surface area contributed by atoms with E-state index in [1.807, 2.05) is 0 Å². The van der Waals surface area contributed by atoms with Gasteiger partial charge < -0.3 is 15.3 Å². The van der Waals surface area contributed by atoms with Crippen molar-refractivity contribution in [2.24, 2.45) is 0 Å². The second kappa shape index (κ2) is 7.64. The van der Waals surface area contributed by atoms with Gasteiger partial charge in [-0.2, -0.15) is 10.5 Å². The van der Waals surface area contributed by atoms with Crippen LogP contribution in [0, 0.1) is 22.7 Å². The Labute approximate surface area is 125 Å². The summed E-state index contributed by atoms with van der Waals surface area (Å²) >= 11 is 0. The zero-order chi connectivity index (χ0) is 15.1. The van der Waals surface area contributed by atoms with Gasteiger partial charge in [-0.05, 0) is 38.1 Å². The standard InChI is InChI=1S/C16H20N4O/c17-9-13-5-4-6-14(10-18)16(13)19-11-15(21)12-20-7-2-1-3-8-20/h4-6,15,19,21H,1-3,7-8,11-12H2. The molecule has 2 N–H and O–H groups in total. The van der Waals surface area contributed by atoms with Crippen LogP contribution in [0.25, 0.3) is 0 Å². The highest BCUT2D eigenvalue weighted by atomic mass is 16.3. The highest BCUT2D eigenvalue weighted by Crippen LogP contribution is 2.20. The molecule has 0 aliphatic carbocycles. The lowest BCUT2D eigenvalue weighted by atomic mass is 10.1. The fraction of sp³-hybridized carbons (Fsp3) is 0.500. The number of nitriles is 2. The minimum Gasteiger partial charge on any atom is -0.390 e. The second-order valence-electron chi connectivity index (χ2n) is 5.35. The fourth-order valence-electron chi connectivity index (χ4n) is 2.65. The first-order chi connectivity index (χ1) is 10.2. The lowest BCUT2D eigenvalue weighted by molar-refractivity contribution is 0.110. The summed E-state index contributed by atoms with van der Waals surface area (Å²) in [6, 6.07) is 9.16. The van der Waals surface area contributed by atoms with Gasteiger partial charge in [-0.1, -0.05) is 12.5 Å². The maximum absolute atomic E-state index is 10.1. The van der Waals surface area contributed by atoms with E-state index < -0.39 is 6.10 Å². The molecule has 1 fully saturated rings. The first-order valence-corrected chi connectivity index (χ1v) is 7.32. The number of para-hydroxylation sites is 1. The van der Waals surface area contributed by atoms with Crippen molar-refractivity contribution in [1.29, 1.82) is 10.5 Å². The van der Waals surface area contributed by atoms with Gasteiger partial charge in [0.25, 0.3) is 0 Å². The van der Waals surface area contributed by atoms with Crippen LogP contribution in [-0.4, -0.2) is 42.3 Å². The molecule has 1 aliphatic heterocycles. The largest absolute Gasteiger partial charge is 0.390 e. The molecular formula is C16H20N4O. The molecule has 1 heterocycles. The van der Waals surface area contributed by atoms with Gasteiger partial charge in [0.05, 0.1) is 22.9 Å². The maximum atomic E-state index is 10.1. The summed E-state index contributed by atoms with van der Waals surface area (Å²) in [5.41, 5.74) is 1.37. The number of aliphatic hydroxyl groups is 1. The summed E-state index contributed by atoms with van der Waals surface area (Å²) in [5, 5.41) is 31.4. The number of likely N-dealkylation sites (tertiary alicyclic amines) is 1. The van der Waals surface area contributed by atoms with Crippen molar-refractivity contribution >= 4 is 5.69 Å². The van der Waals surface area contributed by atoms with Crippen LogP contribution in [0.4, 0.5) is 5.69 Å². The van der Waals surface area contributed by atoms with E-state index in [0.717, 1.165) is 13.1 Å². The van der Waals surface area contributed by atoms with Crippen molar-refractivity contribution in [2.75, 3.05) is 31.5 Å². The van der Waals surface area contributed by atoms with Gasteiger partial charge in [-0.25, -0.2) is 0 Å². The molecule has 2 rings (SSSR count). The van der Waals surface area contributed by atoms with Crippen LogP contribution in [0.5, 0.6) is 0 Å². The molecule has 1 saturated heterocycles. The minimum absolute atomic E-state index is 0.337. The number of β-amino-alcohol motifs (C(OH)–C–C–N with tert-alkyl or cyclic N) is 1. The van der Waals surface area contributed by atoms with Crippen LogP contribution in [0.15, 0.2) is 18.2 Å². The molecule has 1 aromatic rings. The van der Waals surface area contributed by atoms with Crippen LogP contribution < -0.4 is 5.32 Å². The van der Waals surface area contributed by atoms with Crippen molar-refractivity contribution < 1.29 is 5.11 Å². The van der Waals surface area contributed by atoms with Crippen LogP contribution in [0.2, 0.25) is 0 Å². The number of aliphatic hydroxyl groups excluding tert-OH is 1. The lowest BCUT2D eigenvalue weighted by Gasteiger charge is -2.28. The quantitative estimate of drug-likeness (QED) is 0.859. The molecule has 1 atom stereocenters. The average Bonchev–Trinajstić information content (AvgIpc) is 2.53. The van der Waals surface area contributed by atoms with Crippen LogP contribution in [-0.2, 0) is 0 Å². The van der Waals surface area contributed by atoms with E-state index >= 15 is 0 Å². The van der Waals surface area contributed by atoms with Gasteiger partial charge in [0.15, 0.2) is 0 Å². The number of rotatable bonds is 5. The number of hydrogen-bond donors (Lipinski definition) is 2. The van der Waals surface area contributed by atoms with E-state index in [2.05, 4.69) is 22.4 Å². The molecule has 0 radical (unpaired) electrons. The lowest BCUT2D eigenvalue weighted by Crippen LogP contribution is -2.39. The molecule has 1 aromatic carbocycles. The monoisotopic (exact) mass is 284 g/mol. The molecule has 0 amide bonds. The first kappa shape index (κ1) is 15.3. The van der Waals surface area contributed by atoms with Gasteiger partial charge >= 0.3 is 0 Å². The van der Waals surface area contributed by atoms with E-state index in [1.54, 1.807) is 18.2 Å². The molecule has 5 nitrogen and oxygen atoms in total. The van der Waals surface area contributed by atoms with Crippen molar-refractivity contribution in [1.82, 2.24) is 4.90 Å². The predicted molar refractivity (Wildman–Crippen MR) is 80.7 cm³/mol. The third-order valence-electron chi connectivity index (χ3n) is 3.74. The molecular weight excluding hydrogens is 264 g/mol. The molecule has 0 spiro atoms. The molecule has 21 heavy (non-hydrogen) atoms. The Bertz CT molecular complexity index is 520. The van der Waals surface area contributed by atoms with Crippen LogP contribution in [0.1, 0.15) is 30.4 Å². The van der Waals surface area contributed by atoms with Crippen LogP contribution >= 0.6 is 0 Å². The van der Waals surface area contributed by atoms with Gasteiger partial charge in [0, 0.05) is 13.1 Å². The molecule has 110 valence electrons. The summed E-state index contributed by atoms with van der Waals surface area (Å²) < 4.78 is 0. The Kier molecular flexibility index (Phi) is 5.57. The van der Waals surface area contributed by atoms with Crippen molar-refractivity contribution in [2.45, 2.75) is 25.4 Å². The molecule has 0 bridgehead atoms. The summed E-state index contributed by atoms with van der Waals surface area (Å²) in [6.07, 6.45) is 3.14. The number of benzene rings is 1. The second-order valence-corrected chi connectivity index (χ2v) is 5.35. The van der Waals surface area contributed by atoms with Gasteiger partial charge in [-0.3, -0.25) is 0 Å². The number of piperidine rings is 1. The van der Waals surface area contributed by atoms with Crippen LogP contribution in [0.3, 0.4) is 0 Å². The molecule has 0 aromatic heterocycles. The predicted octanol–water partition coefficient (Wildman–Crippen LogP) is 1.69. The zero-order valence-corrected chi connectivity index (χ0v) is 12.0. The summed E-state index contributed by atoms with van der Waals surface area (Å²) in [6.45, 7) is 3.04. The number of nitrogens with zero attached hydrogens (tertiary/aromatic N) is 3. The SMILES string of the molecule is N#Cc1cccc(C#N)c1NCC(O)CN1CCCCC1. The highest BCUT2D eigenvalue weighted by molar-refractivity contribution is 5.66. The minimum atomic E-state index is -0.513. The van der Waals surface area contributed by atoms with Crippen molar-refractivity contribution in [3.05, 3.63) is 29.3 Å². The van der Waals surface area contributed by atoms with E-state index in [4.69, 9.17) is 10.5 Å². The average molecular weight is 284 g/mol. The van der Waals surface area contributed by atoms with E-state index in [1.165, 1.54) is 19.3 Å². The van der Waals surface area contributed by atoms with Gasteiger partial charge in [-0.15, -0.1) is 0 Å². The van der Waals surface area contributed by atoms with Crippen molar-refractivity contribution in [3.63, 3.8) is 0 Å². The maximum Gasteiger partial charge on any atom is 0.101 e. The van der Waals surface area contributed by atoms with Gasteiger partial charge in [0.2, 0.25) is 0 Å². The van der Waals surface area contributed by atoms with Crippen molar-refractivity contribution in [3.8, 4) is 12.1 Å². The Balaban J connectivity index is 1.93. The fourth-order valence-corrected chi connectivity index (χ4v) is 2.65. The molecule has 1 unspecified atom stereocenters. The third-order valence-corrected chi connectivity index (χ3v) is 3.74. The van der Waals surface area contributed by atoms with E-state index in [0.29, 0.717) is 29.9 Å². The number of anilines is 1. The zero-order valence-electron chi connectivity index (χ0n) is 12.0. The Morgan fingerprint density at radius 1 is 1.14 bits per heavy atom. The van der Waals surface area contributed by atoms with E-state index in [-0.39, 0.29) is 0 Å². The Morgan fingerprint density at radius 2 is 1.76 bits per heavy atom. The Hall–Kier alpha value is -2.08. The first-order valence-electron chi connectivity index (χ1n) is 7.32. The number of nitrogens with one attached hydrogen (secondary N) is 1. The summed E-state index contributed by atoms with van der Waals surface area (Å²) in [4.78, 5) is 2.26. The Morgan fingerprint density at radius 3 is 2.33 bits per heavy atom. The highest BCUT2D eigenvalue weighted by Gasteiger charge is 2.15. The van der Waals surface area contributed by atoms with E-state index in [9.17, 15) is 5.11 Å². The third kappa shape index (κ3) is 4.19.